The molecule has 0 N–H and O–H groups in total. The molecular weight excluding hydrogens is 512 g/mol. The summed E-state index contributed by atoms with van der Waals surface area (Å²) in [6, 6.07) is 21.5. The van der Waals surface area contributed by atoms with Crippen LogP contribution in [0.15, 0.2) is 94.6 Å². The lowest BCUT2D eigenvalue weighted by Gasteiger charge is -2.00. The van der Waals surface area contributed by atoms with Gasteiger partial charge in [0, 0.05) is 39.8 Å². The molecule has 0 atom stereocenters. The number of nitrogens with zero attached hydrogens (tertiary/aromatic N) is 6. The smallest absolute Gasteiger partial charge is 0.266 e. The number of hydrogen-bond donors (Lipinski definition) is 0. The van der Waals surface area contributed by atoms with Gasteiger partial charge < -0.3 is 0 Å². The highest BCUT2D eigenvalue weighted by Gasteiger charge is 2.15. The van der Waals surface area contributed by atoms with Gasteiger partial charge in [-0.25, -0.2) is 4.68 Å². The van der Waals surface area contributed by atoms with Crippen LogP contribution in [0.3, 0.4) is 0 Å². The van der Waals surface area contributed by atoms with E-state index in [0.29, 0.717) is 15.3 Å². The second-order valence-corrected chi connectivity index (χ2v) is 9.43. The van der Waals surface area contributed by atoms with Gasteiger partial charge in [0.1, 0.15) is 0 Å². The van der Waals surface area contributed by atoms with E-state index in [2.05, 4.69) is 31.0 Å². The van der Waals surface area contributed by atoms with E-state index >= 15 is 0 Å². The fourth-order valence-electron chi connectivity index (χ4n) is 3.63. The summed E-state index contributed by atoms with van der Waals surface area (Å²) in [7, 11) is 0. The fourth-order valence-corrected chi connectivity index (χ4v) is 4.79. The van der Waals surface area contributed by atoms with E-state index < -0.39 is 0 Å². The first-order valence-electron chi connectivity index (χ1n) is 10.4. The predicted octanol–water partition coefficient (Wildman–Crippen LogP) is 4.38. The van der Waals surface area contributed by atoms with Crippen LogP contribution in [0.1, 0.15) is 5.56 Å². The summed E-state index contributed by atoms with van der Waals surface area (Å²) in [5.74, 6) is 0.482. The van der Waals surface area contributed by atoms with Gasteiger partial charge >= 0.3 is 0 Å². The molecule has 0 aliphatic heterocycles. The van der Waals surface area contributed by atoms with E-state index in [0.717, 1.165) is 32.5 Å². The lowest BCUT2D eigenvalue weighted by molar-refractivity contribution is 0.884. The molecule has 0 saturated heterocycles. The van der Waals surface area contributed by atoms with Crippen molar-refractivity contribution in [2.24, 2.45) is 0 Å². The SMILES string of the molecule is O=c1/c(=C/c2cn(-c3ccccc3)nc2-c2ccc(Br)cc2)sc2nc(-c3cccnc3)nn12. The van der Waals surface area contributed by atoms with Crippen LogP contribution < -0.4 is 10.1 Å². The van der Waals surface area contributed by atoms with Gasteiger partial charge in [0.15, 0.2) is 5.82 Å². The number of halogens is 1. The van der Waals surface area contributed by atoms with Gasteiger partial charge in [0.05, 0.1) is 15.9 Å². The maximum atomic E-state index is 13.1. The van der Waals surface area contributed by atoms with E-state index in [-0.39, 0.29) is 5.56 Å². The quantitative estimate of drug-likeness (QED) is 0.340. The molecule has 34 heavy (non-hydrogen) atoms. The third-order valence-electron chi connectivity index (χ3n) is 5.27. The first kappa shape index (κ1) is 20.6. The summed E-state index contributed by atoms with van der Waals surface area (Å²) in [6.45, 7) is 0. The Labute approximate surface area is 205 Å². The topological polar surface area (TPSA) is 78.0 Å². The summed E-state index contributed by atoms with van der Waals surface area (Å²) >= 11 is 4.79. The van der Waals surface area contributed by atoms with E-state index in [9.17, 15) is 4.79 Å². The summed E-state index contributed by atoms with van der Waals surface area (Å²) in [6.07, 6.45) is 7.16. The van der Waals surface area contributed by atoms with Crippen LogP contribution in [0.2, 0.25) is 0 Å². The standard InChI is InChI=1S/C25H15BrN6OS/c26-19-10-8-16(9-11-19)22-18(15-31(29-22)20-6-2-1-3-7-20)13-21-24(33)32-25(34-21)28-23(30-32)17-5-4-12-27-14-17/h1-15H/b21-13-. The third kappa shape index (κ3) is 3.74. The van der Waals surface area contributed by atoms with Crippen molar-refractivity contribution in [3.63, 3.8) is 0 Å². The molecule has 0 unspecified atom stereocenters. The third-order valence-corrected chi connectivity index (χ3v) is 6.76. The molecule has 0 bridgehead atoms. The number of pyridine rings is 1. The number of fused-ring (bicyclic) bond motifs is 1. The Hall–Kier alpha value is -3.95. The normalized spacial score (nSPS) is 12.0. The molecule has 6 aromatic rings. The van der Waals surface area contributed by atoms with Crippen molar-refractivity contribution in [2.45, 2.75) is 0 Å². The van der Waals surface area contributed by atoms with Crippen LogP contribution in [-0.4, -0.2) is 29.4 Å². The Bertz CT molecular complexity index is 1720. The molecule has 9 heteroatoms. The minimum Gasteiger partial charge on any atom is -0.266 e. The zero-order valence-electron chi connectivity index (χ0n) is 17.5. The van der Waals surface area contributed by atoms with Gasteiger partial charge in [-0.1, -0.05) is 57.6 Å². The van der Waals surface area contributed by atoms with Crippen LogP contribution in [0.5, 0.6) is 0 Å². The van der Waals surface area contributed by atoms with Gasteiger partial charge in [-0.15, -0.1) is 5.10 Å². The molecule has 164 valence electrons. The second kappa shape index (κ2) is 8.44. The van der Waals surface area contributed by atoms with E-state index in [1.165, 1.54) is 15.9 Å². The van der Waals surface area contributed by atoms with Crippen LogP contribution >= 0.6 is 27.3 Å². The molecule has 0 spiro atoms. The first-order chi connectivity index (χ1) is 16.7. The zero-order chi connectivity index (χ0) is 23.1. The maximum absolute atomic E-state index is 13.1. The average Bonchev–Trinajstić information content (AvgIpc) is 3.56. The highest BCUT2D eigenvalue weighted by Crippen LogP contribution is 2.26. The number of benzene rings is 2. The number of aromatic nitrogens is 6. The summed E-state index contributed by atoms with van der Waals surface area (Å²) in [4.78, 5) is 22.3. The van der Waals surface area contributed by atoms with Crippen LogP contribution in [0, 0.1) is 0 Å². The van der Waals surface area contributed by atoms with Crippen molar-refractivity contribution >= 4 is 38.3 Å². The molecule has 0 amide bonds. The fraction of sp³-hybridized carbons (Fsp3) is 0. The minimum absolute atomic E-state index is 0.211. The highest BCUT2D eigenvalue weighted by atomic mass is 79.9. The Morgan fingerprint density at radius 2 is 1.74 bits per heavy atom. The monoisotopic (exact) mass is 526 g/mol. The Morgan fingerprint density at radius 3 is 2.47 bits per heavy atom. The Balaban J connectivity index is 1.50. The molecule has 0 aliphatic rings. The summed E-state index contributed by atoms with van der Waals surface area (Å²) in [5.41, 5.74) is 4.06. The molecular formula is C25H15BrN6OS. The molecule has 0 aliphatic carbocycles. The van der Waals surface area contributed by atoms with Crippen molar-refractivity contribution < 1.29 is 0 Å². The lowest BCUT2D eigenvalue weighted by atomic mass is 10.1. The van der Waals surface area contributed by atoms with Gasteiger partial charge in [0.25, 0.3) is 5.56 Å². The van der Waals surface area contributed by atoms with Crippen molar-refractivity contribution in [1.29, 1.82) is 0 Å². The van der Waals surface area contributed by atoms with E-state index in [1.54, 1.807) is 12.4 Å². The minimum atomic E-state index is -0.211. The predicted molar refractivity (Wildman–Crippen MR) is 136 cm³/mol. The molecule has 0 fully saturated rings. The molecule has 6 rings (SSSR count). The summed E-state index contributed by atoms with van der Waals surface area (Å²) < 4.78 is 4.70. The van der Waals surface area contributed by atoms with Crippen LogP contribution in [0.4, 0.5) is 0 Å². The molecule has 2 aromatic carbocycles. The average molecular weight is 527 g/mol. The number of hydrogen-bond acceptors (Lipinski definition) is 6. The number of thiazole rings is 1. The van der Waals surface area contributed by atoms with Crippen molar-refractivity contribution in [1.82, 2.24) is 29.4 Å². The Morgan fingerprint density at radius 1 is 0.912 bits per heavy atom. The van der Waals surface area contributed by atoms with Crippen molar-refractivity contribution in [3.8, 4) is 28.3 Å². The molecule has 0 saturated carbocycles. The van der Waals surface area contributed by atoms with Crippen molar-refractivity contribution in [2.75, 3.05) is 0 Å². The van der Waals surface area contributed by atoms with Crippen LogP contribution in [0.25, 0.3) is 39.4 Å². The molecule has 7 nitrogen and oxygen atoms in total. The van der Waals surface area contributed by atoms with E-state index in [4.69, 9.17) is 5.10 Å². The molecule has 4 heterocycles. The van der Waals surface area contributed by atoms with Crippen molar-refractivity contribution in [3.05, 3.63) is 110 Å². The number of rotatable bonds is 4. The van der Waals surface area contributed by atoms with Crippen LogP contribution in [-0.2, 0) is 0 Å². The zero-order valence-corrected chi connectivity index (χ0v) is 19.9. The molecule has 4 aromatic heterocycles. The van der Waals surface area contributed by atoms with Gasteiger partial charge in [0.2, 0.25) is 4.96 Å². The first-order valence-corrected chi connectivity index (χ1v) is 12.0. The van der Waals surface area contributed by atoms with Gasteiger partial charge in [-0.2, -0.15) is 14.6 Å². The lowest BCUT2D eigenvalue weighted by Crippen LogP contribution is -2.23. The molecule has 0 radical (unpaired) electrons. The summed E-state index contributed by atoms with van der Waals surface area (Å²) in [5, 5.41) is 9.23. The highest BCUT2D eigenvalue weighted by molar-refractivity contribution is 9.10. The van der Waals surface area contributed by atoms with E-state index in [1.807, 2.05) is 83.7 Å². The van der Waals surface area contributed by atoms with Gasteiger partial charge in [-0.05, 0) is 42.5 Å². The largest absolute Gasteiger partial charge is 0.291 e. The van der Waals surface area contributed by atoms with Gasteiger partial charge in [-0.3, -0.25) is 9.78 Å². The maximum Gasteiger partial charge on any atom is 0.291 e. The Kier molecular flexibility index (Phi) is 5.12. The number of para-hydroxylation sites is 1. The second-order valence-electron chi connectivity index (χ2n) is 7.51.